The zero-order valence-corrected chi connectivity index (χ0v) is 15.5. The first kappa shape index (κ1) is 23.4. The number of hydrogen-bond acceptors (Lipinski definition) is 3. The average Bonchev–Trinajstić information content (AvgIpc) is 2.51. The van der Waals surface area contributed by atoms with Gasteiger partial charge in [-0.3, -0.25) is 9.59 Å². The zero-order valence-electron chi connectivity index (χ0n) is 15.5. The van der Waals surface area contributed by atoms with Crippen LogP contribution in [0.15, 0.2) is 0 Å². The van der Waals surface area contributed by atoms with E-state index >= 15 is 0 Å². The monoisotopic (exact) mass is 314 g/mol. The van der Waals surface area contributed by atoms with Gasteiger partial charge in [-0.05, 0) is 19.9 Å². The smallest absolute Gasteiger partial charge is 0.233 e. The third-order valence-corrected chi connectivity index (χ3v) is 3.40. The number of unbranched alkanes of at least 4 members (excludes halogenated alkanes) is 6. The molecular formula is C18H38N2O2. The molecular weight excluding hydrogens is 276 g/mol. The number of ketones is 1. The lowest BCUT2D eigenvalue weighted by molar-refractivity contribution is -0.122. The molecule has 0 aromatic heterocycles. The molecule has 0 aliphatic heterocycles. The second kappa shape index (κ2) is 18.1. The average molecular weight is 315 g/mol. The standard InChI is InChI=1S/C16H32N2O2.C2H6/c1-14(2)15(19)11-9-7-5-4-6-8-10-12-18-16(20)13-17-3;1-2/h14,17H,4-13H2,1-3H3,(H,18,20);1-2H3. The van der Waals surface area contributed by atoms with Crippen LogP contribution in [0.3, 0.4) is 0 Å². The number of nitrogens with one attached hydrogen (secondary N) is 2. The molecule has 0 rings (SSSR count). The summed E-state index contributed by atoms with van der Waals surface area (Å²) >= 11 is 0. The van der Waals surface area contributed by atoms with E-state index in [1.807, 2.05) is 27.7 Å². The molecule has 0 heterocycles. The fourth-order valence-corrected chi connectivity index (χ4v) is 2.05. The highest BCUT2D eigenvalue weighted by atomic mass is 16.1. The maximum Gasteiger partial charge on any atom is 0.233 e. The van der Waals surface area contributed by atoms with Gasteiger partial charge in [-0.1, -0.05) is 59.8 Å². The first-order chi connectivity index (χ1) is 10.6. The number of amides is 1. The molecule has 0 radical (unpaired) electrons. The number of hydrogen-bond donors (Lipinski definition) is 2. The first-order valence-electron chi connectivity index (χ1n) is 9.02. The van der Waals surface area contributed by atoms with Gasteiger partial charge in [0.1, 0.15) is 5.78 Å². The lowest BCUT2D eigenvalue weighted by Gasteiger charge is -2.05. The second-order valence-electron chi connectivity index (χ2n) is 5.73. The molecule has 4 nitrogen and oxygen atoms in total. The van der Waals surface area contributed by atoms with Gasteiger partial charge in [0, 0.05) is 18.9 Å². The normalized spacial score (nSPS) is 10.1. The maximum atomic E-state index is 11.4. The van der Waals surface area contributed by atoms with E-state index in [0.29, 0.717) is 12.3 Å². The van der Waals surface area contributed by atoms with Crippen LogP contribution in [0.25, 0.3) is 0 Å². The Kier molecular flexibility index (Phi) is 19.3. The van der Waals surface area contributed by atoms with Crippen molar-refractivity contribution in [1.29, 1.82) is 0 Å². The Labute approximate surface area is 137 Å². The third-order valence-electron chi connectivity index (χ3n) is 3.40. The van der Waals surface area contributed by atoms with Gasteiger partial charge < -0.3 is 10.6 Å². The molecule has 0 aliphatic carbocycles. The van der Waals surface area contributed by atoms with Crippen molar-refractivity contribution in [3.63, 3.8) is 0 Å². The van der Waals surface area contributed by atoms with Crippen LogP contribution in [-0.4, -0.2) is 31.8 Å². The minimum Gasteiger partial charge on any atom is -0.355 e. The number of rotatable bonds is 13. The minimum absolute atomic E-state index is 0.0716. The number of carbonyl (C=O) groups excluding carboxylic acids is 2. The lowest BCUT2D eigenvalue weighted by atomic mass is 10.0. The van der Waals surface area contributed by atoms with Crippen molar-refractivity contribution in [1.82, 2.24) is 10.6 Å². The van der Waals surface area contributed by atoms with Gasteiger partial charge in [-0.25, -0.2) is 0 Å². The van der Waals surface area contributed by atoms with E-state index in [0.717, 1.165) is 32.2 Å². The van der Waals surface area contributed by atoms with Gasteiger partial charge >= 0.3 is 0 Å². The van der Waals surface area contributed by atoms with Crippen LogP contribution >= 0.6 is 0 Å². The molecule has 22 heavy (non-hydrogen) atoms. The van der Waals surface area contributed by atoms with Gasteiger partial charge in [0.15, 0.2) is 0 Å². The molecule has 0 saturated carbocycles. The van der Waals surface area contributed by atoms with E-state index in [1.54, 1.807) is 7.05 Å². The Morgan fingerprint density at radius 1 is 0.864 bits per heavy atom. The predicted octanol–water partition coefficient (Wildman–Crippen LogP) is 3.69. The summed E-state index contributed by atoms with van der Waals surface area (Å²) in [4.78, 5) is 22.6. The van der Waals surface area contributed by atoms with Gasteiger partial charge in [-0.2, -0.15) is 0 Å². The highest BCUT2D eigenvalue weighted by molar-refractivity contribution is 5.80. The minimum atomic E-state index is 0.0716. The van der Waals surface area contributed by atoms with Crippen LogP contribution in [0, 0.1) is 5.92 Å². The summed E-state index contributed by atoms with van der Waals surface area (Å²) in [6.07, 6.45) is 8.85. The Hall–Kier alpha value is -0.900. The van der Waals surface area contributed by atoms with E-state index in [4.69, 9.17) is 0 Å². The summed E-state index contributed by atoms with van der Waals surface area (Å²) in [5, 5.41) is 5.71. The van der Waals surface area contributed by atoms with E-state index in [1.165, 1.54) is 25.7 Å². The van der Waals surface area contributed by atoms with Crippen LogP contribution in [0.5, 0.6) is 0 Å². The molecule has 0 unspecified atom stereocenters. The highest BCUT2D eigenvalue weighted by Crippen LogP contribution is 2.10. The van der Waals surface area contributed by atoms with Crippen molar-refractivity contribution < 1.29 is 9.59 Å². The summed E-state index contributed by atoms with van der Waals surface area (Å²) < 4.78 is 0. The van der Waals surface area contributed by atoms with Crippen molar-refractivity contribution in [2.75, 3.05) is 20.1 Å². The fraction of sp³-hybridized carbons (Fsp3) is 0.889. The molecule has 2 N–H and O–H groups in total. The van der Waals surface area contributed by atoms with Crippen LogP contribution in [0.4, 0.5) is 0 Å². The topological polar surface area (TPSA) is 58.2 Å². The molecule has 0 fully saturated rings. The second-order valence-corrected chi connectivity index (χ2v) is 5.73. The Bertz CT molecular complexity index is 266. The summed E-state index contributed by atoms with van der Waals surface area (Å²) in [5.74, 6) is 0.651. The SMILES string of the molecule is CC.CNCC(=O)NCCCCCCCCCC(=O)C(C)C. The largest absolute Gasteiger partial charge is 0.355 e. The highest BCUT2D eigenvalue weighted by Gasteiger charge is 2.05. The van der Waals surface area contributed by atoms with E-state index in [2.05, 4.69) is 10.6 Å². The third kappa shape index (κ3) is 17.2. The first-order valence-corrected chi connectivity index (χ1v) is 9.02. The summed E-state index contributed by atoms with van der Waals surface area (Å²) in [7, 11) is 1.77. The van der Waals surface area contributed by atoms with Crippen LogP contribution in [0.2, 0.25) is 0 Å². The molecule has 0 aromatic rings. The van der Waals surface area contributed by atoms with E-state index in [-0.39, 0.29) is 11.8 Å². The van der Waals surface area contributed by atoms with Gasteiger partial charge in [0.05, 0.1) is 6.54 Å². The van der Waals surface area contributed by atoms with Gasteiger partial charge in [0.25, 0.3) is 0 Å². The van der Waals surface area contributed by atoms with Gasteiger partial charge in [0.2, 0.25) is 5.91 Å². The predicted molar refractivity (Wildman–Crippen MR) is 95.1 cm³/mol. The van der Waals surface area contributed by atoms with Crippen molar-refractivity contribution in [3.05, 3.63) is 0 Å². The van der Waals surface area contributed by atoms with E-state index in [9.17, 15) is 9.59 Å². The quantitative estimate of drug-likeness (QED) is 0.510. The molecule has 1 amide bonds. The van der Waals surface area contributed by atoms with Crippen molar-refractivity contribution in [2.45, 2.75) is 79.1 Å². The van der Waals surface area contributed by atoms with Crippen LogP contribution < -0.4 is 10.6 Å². The van der Waals surface area contributed by atoms with Crippen molar-refractivity contribution in [3.8, 4) is 0 Å². The van der Waals surface area contributed by atoms with Crippen LogP contribution in [-0.2, 0) is 9.59 Å². The summed E-state index contributed by atoms with van der Waals surface area (Å²) in [6.45, 7) is 9.12. The molecule has 0 aromatic carbocycles. The van der Waals surface area contributed by atoms with Gasteiger partial charge in [-0.15, -0.1) is 0 Å². The van der Waals surface area contributed by atoms with Crippen LogP contribution in [0.1, 0.15) is 79.1 Å². The number of carbonyl (C=O) groups is 2. The number of likely N-dealkylation sites (N-methyl/N-ethyl adjacent to an activating group) is 1. The van der Waals surface area contributed by atoms with Crippen molar-refractivity contribution in [2.24, 2.45) is 5.92 Å². The Morgan fingerprint density at radius 3 is 1.86 bits per heavy atom. The Morgan fingerprint density at radius 2 is 1.36 bits per heavy atom. The molecule has 0 aliphatic rings. The molecule has 0 bridgehead atoms. The molecule has 4 heteroatoms. The molecule has 0 atom stereocenters. The zero-order chi connectivity index (χ0) is 17.2. The summed E-state index contributed by atoms with van der Waals surface area (Å²) in [6, 6.07) is 0. The van der Waals surface area contributed by atoms with Crippen molar-refractivity contribution >= 4 is 11.7 Å². The fourth-order valence-electron chi connectivity index (χ4n) is 2.05. The Balaban J connectivity index is 0. The maximum absolute atomic E-state index is 11.4. The molecule has 0 saturated heterocycles. The molecule has 132 valence electrons. The van der Waals surface area contributed by atoms with E-state index < -0.39 is 0 Å². The lowest BCUT2D eigenvalue weighted by Crippen LogP contribution is -2.32. The summed E-state index contributed by atoms with van der Waals surface area (Å²) in [5.41, 5.74) is 0. The number of Topliss-reactive ketones (excluding diaryl/α,β-unsaturated/α-hetero) is 1. The molecule has 0 spiro atoms.